The average molecular weight is 584 g/mol. The molecular formula is C32H33N5O4S. The maximum absolute atomic E-state index is 12.7. The van der Waals surface area contributed by atoms with Crippen molar-refractivity contribution in [3.63, 3.8) is 0 Å². The van der Waals surface area contributed by atoms with Crippen molar-refractivity contribution in [1.82, 2.24) is 14.9 Å². The molecule has 2 saturated heterocycles. The number of carboxylic acid groups (broad SMARTS) is 1. The summed E-state index contributed by atoms with van der Waals surface area (Å²) in [4.78, 5) is 27.6. The molecule has 3 aliphatic rings. The number of piperazine rings is 1. The van der Waals surface area contributed by atoms with E-state index in [-0.39, 0.29) is 12.1 Å². The van der Waals surface area contributed by atoms with E-state index < -0.39 is 16.9 Å². The first-order chi connectivity index (χ1) is 20.4. The lowest BCUT2D eigenvalue weighted by Crippen LogP contribution is -2.56. The maximum atomic E-state index is 12.7. The van der Waals surface area contributed by atoms with E-state index in [1.165, 1.54) is 0 Å². The van der Waals surface area contributed by atoms with Gasteiger partial charge in [0.15, 0.2) is 0 Å². The lowest BCUT2D eigenvalue weighted by molar-refractivity contribution is 0.114. The summed E-state index contributed by atoms with van der Waals surface area (Å²) in [5.74, 6) is 1.63. The molecule has 4 aromatic rings. The van der Waals surface area contributed by atoms with E-state index in [2.05, 4.69) is 52.3 Å². The lowest BCUT2D eigenvalue weighted by atomic mass is 10.0. The SMILES string of the molecule is CS(=O)c1nc2c(c(N3CC4CCC(C3)N4C(=O)O)n1)CCN(c1cc(OCc3ccccc3)cc3ccccc13)C2. The van der Waals surface area contributed by atoms with E-state index >= 15 is 0 Å². The Kier molecular flexibility index (Phi) is 6.93. The number of carbonyl (C=O) groups is 1. The average Bonchev–Trinajstić information content (AvgIpc) is 3.29. The van der Waals surface area contributed by atoms with Crippen LogP contribution < -0.4 is 14.5 Å². The van der Waals surface area contributed by atoms with E-state index in [9.17, 15) is 14.1 Å². The zero-order valence-corrected chi connectivity index (χ0v) is 24.3. The molecule has 42 heavy (non-hydrogen) atoms. The first-order valence-electron chi connectivity index (χ1n) is 14.4. The van der Waals surface area contributed by atoms with Crippen LogP contribution in [-0.4, -0.2) is 68.3 Å². The van der Waals surface area contributed by atoms with Crippen LogP contribution in [0.5, 0.6) is 5.75 Å². The number of hydrogen-bond donors (Lipinski definition) is 1. The summed E-state index contributed by atoms with van der Waals surface area (Å²) in [5.41, 5.74) is 4.14. The predicted octanol–water partition coefficient (Wildman–Crippen LogP) is 4.84. The number of aromatic nitrogens is 2. The van der Waals surface area contributed by atoms with Crippen molar-refractivity contribution in [3.8, 4) is 5.75 Å². The van der Waals surface area contributed by atoms with Crippen LogP contribution in [0.3, 0.4) is 0 Å². The zero-order chi connectivity index (χ0) is 28.8. The summed E-state index contributed by atoms with van der Waals surface area (Å²) in [6, 6.07) is 22.6. The van der Waals surface area contributed by atoms with Crippen LogP contribution in [0.1, 0.15) is 29.7 Å². The lowest BCUT2D eigenvalue weighted by Gasteiger charge is -2.41. The van der Waals surface area contributed by atoms with Gasteiger partial charge in [-0.15, -0.1) is 0 Å². The van der Waals surface area contributed by atoms with Crippen molar-refractivity contribution < 1.29 is 18.8 Å². The molecule has 0 aliphatic carbocycles. The van der Waals surface area contributed by atoms with Crippen molar-refractivity contribution in [2.75, 3.05) is 35.7 Å². The van der Waals surface area contributed by atoms with Crippen molar-refractivity contribution >= 4 is 39.2 Å². The van der Waals surface area contributed by atoms with Gasteiger partial charge in [0.1, 0.15) is 18.2 Å². The number of amides is 1. The summed E-state index contributed by atoms with van der Waals surface area (Å²) < 4.78 is 18.9. The molecule has 3 unspecified atom stereocenters. The monoisotopic (exact) mass is 583 g/mol. The normalized spacial score (nSPS) is 20.5. The molecule has 0 spiro atoms. The number of fused-ring (bicyclic) bond motifs is 4. The molecule has 2 fully saturated rings. The highest BCUT2D eigenvalue weighted by Crippen LogP contribution is 2.38. The molecule has 1 N–H and O–H groups in total. The van der Waals surface area contributed by atoms with Crippen molar-refractivity contribution in [2.45, 2.75) is 49.7 Å². The Labute approximate surface area is 247 Å². The van der Waals surface area contributed by atoms with Gasteiger partial charge in [0.2, 0.25) is 5.16 Å². The second kappa shape index (κ2) is 10.9. The van der Waals surface area contributed by atoms with Gasteiger partial charge in [0, 0.05) is 48.6 Å². The van der Waals surface area contributed by atoms with Crippen LogP contribution in [0.15, 0.2) is 71.9 Å². The highest BCUT2D eigenvalue weighted by atomic mass is 32.2. The number of ether oxygens (including phenoxy) is 1. The Balaban J connectivity index is 1.21. The van der Waals surface area contributed by atoms with Crippen molar-refractivity contribution in [2.24, 2.45) is 0 Å². The fourth-order valence-corrected chi connectivity index (χ4v) is 7.18. The van der Waals surface area contributed by atoms with Gasteiger partial charge in [-0.3, -0.25) is 9.11 Å². The van der Waals surface area contributed by atoms with Gasteiger partial charge in [-0.1, -0.05) is 54.6 Å². The number of anilines is 2. The fourth-order valence-electron chi connectivity index (χ4n) is 6.72. The minimum atomic E-state index is -1.35. The highest BCUT2D eigenvalue weighted by molar-refractivity contribution is 7.84. The molecule has 7 rings (SSSR count). The Morgan fingerprint density at radius 3 is 2.48 bits per heavy atom. The molecule has 216 valence electrons. The molecule has 4 heterocycles. The van der Waals surface area contributed by atoms with Crippen LogP contribution >= 0.6 is 0 Å². The minimum Gasteiger partial charge on any atom is -0.489 e. The molecule has 1 amide bonds. The molecule has 3 aliphatic heterocycles. The van der Waals surface area contributed by atoms with Crippen LogP contribution in [0.4, 0.5) is 16.3 Å². The van der Waals surface area contributed by atoms with Crippen LogP contribution in [0.2, 0.25) is 0 Å². The molecule has 10 heteroatoms. The molecule has 0 radical (unpaired) electrons. The third-order valence-corrected chi connectivity index (χ3v) is 9.38. The minimum absolute atomic E-state index is 0.0486. The summed E-state index contributed by atoms with van der Waals surface area (Å²) in [6.45, 7) is 3.00. The first kappa shape index (κ1) is 26.7. The summed E-state index contributed by atoms with van der Waals surface area (Å²) in [6.07, 6.45) is 3.21. The number of benzene rings is 3. The van der Waals surface area contributed by atoms with E-state index in [4.69, 9.17) is 14.7 Å². The topological polar surface area (TPSA) is 99.1 Å². The molecule has 1 aromatic heterocycles. The predicted molar refractivity (Wildman–Crippen MR) is 163 cm³/mol. The summed E-state index contributed by atoms with van der Waals surface area (Å²) in [7, 11) is -1.35. The molecule has 9 nitrogen and oxygen atoms in total. The Hall–Kier alpha value is -4.18. The molecular weight excluding hydrogens is 550 g/mol. The Bertz CT molecular complexity index is 1670. The van der Waals surface area contributed by atoms with Gasteiger partial charge in [0.05, 0.1) is 35.1 Å². The number of rotatable bonds is 6. The smallest absolute Gasteiger partial charge is 0.407 e. The standard InChI is InChI=1S/C32H33N5O4S/c1-42(40)31-33-28-19-35(14-13-27(28)30(34-31)36-17-23-11-12-24(18-36)37(23)32(38)39)29-16-25(15-22-9-5-6-10-26(22)29)41-20-21-7-3-2-4-8-21/h2-10,15-16,23-24H,11-14,17-20H2,1H3,(H,38,39). The van der Waals surface area contributed by atoms with Gasteiger partial charge in [0.25, 0.3) is 0 Å². The number of hydrogen-bond acceptors (Lipinski definition) is 7. The van der Waals surface area contributed by atoms with Gasteiger partial charge in [-0.2, -0.15) is 0 Å². The van der Waals surface area contributed by atoms with Crippen LogP contribution in [-0.2, 0) is 30.4 Å². The molecule has 0 saturated carbocycles. The second-order valence-electron chi connectivity index (χ2n) is 11.3. The van der Waals surface area contributed by atoms with E-state index in [1.807, 2.05) is 24.3 Å². The van der Waals surface area contributed by atoms with E-state index in [0.29, 0.717) is 31.4 Å². The Morgan fingerprint density at radius 2 is 1.74 bits per heavy atom. The molecule has 2 bridgehead atoms. The molecule has 3 aromatic carbocycles. The zero-order valence-electron chi connectivity index (χ0n) is 23.5. The van der Waals surface area contributed by atoms with Crippen molar-refractivity contribution in [3.05, 3.63) is 83.6 Å². The third-order valence-electron chi connectivity index (χ3n) is 8.68. The molecule has 3 atom stereocenters. The Morgan fingerprint density at radius 1 is 1.00 bits per heavy atom. The van der Waals surface area contributed by atoms with Gasteiger partial charge >= 0.3 is 6.09 Å². The van der Waals surface area contributed by atoms with Crippen LogP contribution in [0, 0.1) is 0 Å². The third kappa shape index (κ3) is 4.93. The van der Waals surface area contributed by atoms with Crippen LogP contribution in [0.25, 0.3) is 10.8 Å². The van der Waals surface area contributed by atoms with Gasteiger partial charge in [-0.05, 0) is 36.3 Å². The van der Waals surface area contributed by atoms with E-state index in [1.54, 1.807) is 11.2 Å². The fraction of sp³-hybridized carbons (Fsp3) is 0.344. The van der Waals surface area contributed by atoms with Gasteiger partial charge in [-0.25, -0.2) is 14.8 Å². The highest BCUT2D eigenvalue weighted by Gasteiger charge is 2.44. The largest absolute Gasteiger partial charge is 0.489 e. The number of nitrogens with zero attached hydrogens (tertiary/aromatic N) is 5. The second-order valence-corrected chi connectivity index (χ2v) is 12.6. The maximum Gasteiger partial charge on any atom is 0.407 e. The van der Waals surface area contributed by atoms with Gasteiger partial charge < -0.3 is 19.6 Å². The summed E-state index contributed by atoms with van der Waals surface area (Å²) >= 11 is 0. The van der Waals surface area contributed by atoms with E-state index in [0.717, 1.165) is 70.7 Å². The first-order valence-corrected chi connectivity index (χ1v) is 15.9. The quantitative estimate of drug-likeness (QED) is 0.322. The van der Waals surface area contributed by atoms with Crippen molar-refractivity contribution in [1.29, 1.82) is 0 Å². The summed E-state index contributed by atoms with van der Waals surface area (Å²) in [5, 5.41) is 12.3.